The smallest absolute Gasteiger partial charge is 0.251 e. The van der Waals surface area contributed by atoms with E-state index in [1.54, 1.807) is 17.4 Å². The zero-order valence-corrected chi connectivity index (χ0v) is 12.9. The molecule has 7 nitrogen and oxygen atoms in total. The Hall–Kier alpha value is -2.54. The predicted octanol–water partition coefficient (Wildman–Crippen LogP) is 0.504. The molecular formula is C16H20N4O3. The molecule has 0 spiro atoms. The van der Waals surface area contributed by atoms with Gasteiger partial charge < -0.3 is 20.4 Å². The number of rotatable bonds is 5. The Labute approximate surface area is 134 Å². The minimum absolute atomic E-state index is 0.0396. The normalized spacial score (nSPS) is 23.1. The highest BCUT2D eigenvalue weighted by Crippen LogP contribution is 2.31. The Morgan fingerprint density at radius 1 is 1.35 bits per heavy atom. The lowest BCUT2D eigenvalue weighted by molar-refractivity contribution is -0.137. The average molecular weight is 316 g/mol. The Morgan fingerprint density at radius 3 is 2.74 bits per heavy atom. The number of nitrogens with two attached hydrogens (primary N) is 1. The zero-order valence-electron chi connectivity index (χ0n) is 12.9. The molecule has 2 unspecified atom stereocenters. The van der Waals surface area contributed by atoms with Crippen molar-refractivity contribution in [1.29, 1.82) is 0 Å². The van der Waals surface area contributed by atoms with Crippen LogP contribution in [0.5, 0.6) is 5.75 Å². The molecule has 3 N–H and O–H groups in total. The lowest BCUT2D eigenvalue weighted by Gasteiger charge is -2.31. The monoisotopic (exact) mass is 316 g/mol. The van der Waals surface area contributed by atoms with Crippen LogP contribution in [0.15, 0.2) is 36.7 Å². The molecule has 2 aliphatic heterocycles. The summed E-state index contributed by atoms with van der Waals surface area (Å²) in [7, 11) is 0. The van der Waals surface area contributed by atoms with Crippen LogP contribution >= 0.6 is 0 Å². The van der Waals surface area contributed by atoms with Crippen molar-refractivity contribution in [2.75, 3.05) is 13.2 Å². The van der Waals surface area contributed by atoms with Crippen LogP contribution in [0.25, 0.3) is 0 Å². The summed E-state index contributed by atoms with van der Waals surface area (Å²) in [6, 6.07) is 7.56. The van der Waals surface area contributed by atoms with E-state index in [-0.39, 0.29) is 24.5 Å². The minimum Gasteiger partial charge on any atom is -0.494 e. The Kier molecular flexibility index (Phi) is 4.20. The van der Waals surface area contributed by atoms with Crippen LogP contribution < -0.4 is 15.9 Å². The van der Waals surface area contributed by atoms with E-state index in [0.717, 1.165) is 11.3 Å². The molecule has 0 radical (unpaired) electrons. The number of amides is 2. The van der Waals surface area contributed by atoms with Gasteiger partial charge in [0.25, 0.3) is 5.91 Å². The van der Waals surface area contributed by atoms with Crippen LogP contribution in [0.4, 0.5) is 0 Å². The Balaban J connectivity index is 1.70. The van der Waals surface area contributed by atoms with Crippen LogP contribution in [-0.4, -0.2) is 40.9 Å². The molecule has 23 heavy (non-hydrogen) atoms. The highest BCUT2D eigenvalue weighted by atomic mass is 16.5. The third kappa shape index (κ3) is 3.14. The molecular weight excluding hydrogens is 296 g/mol. The van der Waals surface area contributed by atoms with E-state index in [2.05, 4.69) is 5.43 Å². The van der Waals surface area contributed by atoms with Gasteiger partial charge in [-0.3, -0.25) is 9.59 Å². The fourth-order valence-electron chi connectivity index (χ4n) is 2.92. The fraction of sp³-hybridized carbons (Fsp3) is 0.375. The molecule has 7 heteroatoms. The van der Waals surface area contributed by atoms with E-state index in [4.69, 9.17) is 10.5 Å². The number of carbonyl (C=O) groups excluding carboxylic acids is 2. The summed E-state index contributed by atoms with van der Waals surface area (Å²) in [4.78, 5) is 24.8. The minimum atomic E-state index is -0.523. The van der Waals surface area contributed by atoms with Gasteiger partial charge in [-0.1, -0.05) is 12.1 Å². The summed E-state index contributed by atoms with van der Waals surface area (Å²) in [6.45, 7) is 2.49. The standard InChI is InChI=1S/C16H20N4O3/c1-2-23-12-5-3-11(4-6-12)13-9-14-16(22)19(10-15(17)21)7-8-20(14)18-13/h3-8,13-14,18H,2,9-10H2,1H3,(H2,17,21). The second kappa shape index (κ2) is 6.29. The van der Waals surface area contributed by atoms with Gasteiger partial charge in [-0.25, -0.2) is 5.43 Å². The van der Waals surface area contributed by atoms with Crippen LogP contribution in [0, 0.1) is 0 Å². The first kappa shape index (κ1) is 15.4. The number of primary amides is 1. The molecule has 2 aliphatic rings. The molecule has 2 heterocycles. The molecule has 1 aromatic rings. The van der Waals surface area contributed by atoms with Gasteiger partial charge in [-0.05, 0) is 31.0 Å². The van der Waals surface area contributed by atoms with Crippen LogP contribution in [0.1, 0.15) is 24.9 Å². The SMILES string of the molecule is CCOc1ccc(C2CC3C(=O)N(CC(N)=O)C=CN3N2)cc1. The van der Waals surface area contributed by atoms with Crippen molar-refractivity contribution in [3.63, 3.8) is 0 Å². The molecule has 0 bridgehead atoms. The molecule has 1 fully saturated rings. The lowest BCUT2D eigenvalue weighted by atomic mass is 10.0. The quantitative estimate of drug-likeness (QED) is 0.826. The third-order valence-corrected chi connectivity index (χ3v) is 3.99. The van der Waals surface area contributed by atoms with Crippen molar-refractivity contribution in [2.24, 2.45) is 5.73 Å². The maximum Gasteiger partial charge on any atom is 0.251 e. The largest absolute Gasteiger partial charge is 0.494 e. The fourth-order valence-corrected chi connectivity index (χ4v) is 2.92. The van der Waals surface area contributed by atoms with E-state index in [1.807, 2.05) is 31.2 Å². The number of carbonyl (C=O) groups is 2. The number of hydrogen-bond donors (Lipinski definition) is 2. The first-order valence-corrected chi connectivity index (χ1v) is 7.63. The predicted molar refractivity (Wildman–Crippen MR) is 83.8 cm³/mol. The molecule has 2 atom stereocenters. The molecule has 2 amide bonds. The van der Waals surface area contributed by atoms with E-state index in [0.29, 0.717) is 13.0 Å². The number of ether oxygens (including phenoxy) is 1. The van der Waals surface area contributed by atoms with Crippen molar-refractivity contribution in [3.8, 4) is 5.75 Å². The number of nitrogens with zero attached hydrogens (tertiary/aromatic N) is 2. The summed E-state index contributed by atoms with van der Waals surface area (Å²) in [5.41, 5.74) is 9.57. The second-order valence-electron chi connectivity index (χ2n) is 5.57. The topological polar surface area (TPSA) is 87.9 Å². The molecule has 1 saturated heterocycles. The molecule has 0 saturated carbocycles. The molecule has 0 aliphatic carbocycles. The first-order chi connectivity index (χ1) is 11.1. The van der Waals surface area contributed by atoms with Gasteiger partial charge in [0, 0.05) is 12.4 Å². The number of hydrogen-bond acceptors (Lipinski definition) is 5. The van der Waals surface area contributed by atoms with Crippen molar-refractivity contribution < 1.29 is 14.3 Å². The molecule has 122 valence electrons. The summed E-state index contributed by atoms with van der Waals surface area (Å²) >= 11 is 0. The first-order valence-electron chi connectivity index (χ1n) is 7.63. The molecule has 3 rings (SSSR count). The van der Waals surface area contributed by atoms with Gasteiger partial charge in [0.05, 0.1) is 12.6 Å². The van der Waals surface area contributed by atoms with Crippen molar-refractivity contribution >= 4 is 11.8 Å². The van der Waals surface area contributed by atoms with Gasteiger partial charge in [0.2, 0.25) is 5.91 Å². The van der Waals surface area contributed by atoms with Crippen LogP contribution in [0.3, 0.4) is 0 Å². The van der Waals surface area contributed by atoms with E-state index in [9.17, 15) is 9.59 Å². The van der Waals surface area contributed by atoms with E-state index >= 15 is 0 Å². The maximum atomic E-state index is 12.4. The van der Waals surface area contributed by atoms with Crippen LogP contribution in [0.2, 0.25) is 0 Å². The Morgan fingerprint density at radius 2 is 2.09 bits per heavy atom. The maximum absolute atomic E-state index is 12.4. The highest BCUT2D eigenvalue weighted by Gasteiger charge is 2.40. The van der Waals surface area contributed by atoms with Crippen molar-refractivity contribution in [3.05, 3.63) is 42.2 Å². The second-order valence-corrected chi connectivity index (χ2v) is 5.57. The van der Waals surface area contributed by atoms with Gasteiger partial charge in [-0.2, -0.15) is 0 Å². The van der Waals surface area contributed by atoms with Gasteiger partial charge in [0.15, 0.2) is 0 Å². The number of nitrogens with one attached hydrogen (secondary N) is 1. The molecule has 1 aromatic carbocycles. The van der Waals surface area contributed by atoms with Gasteiger partial charge in [-0.15, -0.1) is 0 Å². The molecule has 0 aromatic heterocycles. The van der Waals surface area contributed by atoms with Crippen molar-refractivity contribution in [2.45, 2.75) is 25.4 Å². The summed E-state index contributed by atoms with van der Waals surface area (Å²) in [5, 5.41) is 1.79. The summed E-state index contributed by atoms with van der Waals surface area (Å²) < 4.78 is 5.44. The van der Waals surface area contributed by atoms with E-state index in [1.165, 1.54) is 4.90 Å². The average Bonchev–Trinajstić information content (AvgIpc) is 2.96. The van der Waals surface area contributed by atoms with E-state index < -0.39 is 5.91 Å². The number of fused-ring (bicyclic) bond motifs is 1. The van der Waals surface area contributed by atoms with Crippen molar-refractivity contribution in [1.82, 2.24) is 15.3 Å². The Bertz CT molecular complexity index is 629. The van der Waals surface area contributed by atoms with Gasteiger partial charge >= 0.3 is 0 Å². The third-order valence-electron chi connectivity index (χ3n) is 3.99. The summed E-state index contributed by atoms with van der Waals surface area (Å²) in [6.07, 6.45) is 3.98. The number of hydrazine groups is 1. The van der Waals surface area contributed by atoms with Gasteiger partial charge in [0.1, 0.15) is 18.3 Å². The highest BCUT2D eigenvalue weighted by molar-refractivity contribution is 5.88. The lowest BCUT2D eigenvalue weighted by Crippen LogP contribution is -2.49. The zero-order chi connectivity index (χ0) is 16.4. The summed E-state index contributed by atoms with van der Waals surface area (Å²) in [5.74, 6) is 0.188. The number of benzene rings is 1. The van der Waals surface area contributed by atoms with Crippen LogP contribution in [-0.2, 0) is 9.59 Å².